The van der Waals surface area contributed by atoms with Crippen molar-refractivity contribution in [3.63, 3.8) is 0 Å². The SMILES string of the molecule is O=C(/C=C/c1ccc(S(=O)(=O)N2CCOCC2)cc1)OCc1cccc(Br)c1. The highest BCUT2D eigenvalue weighted by Crippen LogP contribution is 2.18. The van der Waals surface area contributed by atoms with Gasteiger partial charge in [-0.15, -0.1) is 0 Å². The average Bonchev–Trinajstić information content (AvgIpc) is 2.72. The van der Waals surface area contributed by atoms with E-state index in [0.29, 0.717) is 31.9 Å². The topological polar surface area (TPSA) is 72.9 Å². The zero-order valence-corrected chi connectivity index (χ0v) is 17.5. The first-order chi connectivity index (χ1) is 13.4. The van der Waals surface area contributed by atoms with Crippen molar-refractivity contribution in [1.82, 2.24) is 4.31 Å². The minimum Gasteiger partial charge on any atom is -0.458 e. The van der Waals surface area contributed by atoms with Gasteiger partial charge in [-0.1, -0.05) is 40.2 Å². The van der Waals surface area contributed by atoms with Gasteiger partial charge in [0.2, 0.25) is 10.0 Å². The molecule has 2 aromatic rings. The number of hydrogen-bond acceptors (Lipinski definition) is 5. The Labute approximate surface area is 172 Å². The Morgan fingerprint density at radius 3 is 2.54 bits per heavy atom. The first-order valence-corrected chi connectivity index (χ1v) is 11.0. The van der Waals surface area contributed by atoms with Crippen LogP contribution in [-0.2, 0) is 30.9 Å². The number of sulfonamides is 1. The first-order valence-electron chi connectivity index (χ1n) is 8.72. The van der Waals surface area contributed by atoms with Gasteiger partial charge in [0.15, 0.2) is 0 Å². The van der Waals surface area contributed by atoms with E-state index < -0.39 is 16.0 Å². The summed E-state index contributed by atoms with van der Waals surface area (Å²) in [5.41, 5.74) is 1.59. The maximum atomic E-state index is 12.6. The summed E-state index contributed by atoms with van der Waals surface area (Å²) < 4.78 is 37.9. The number of nitrogens with zero attached hydrogens (tertiary/aromatic N) is 1. The van der Waals surface area contributed by atoms with Crippen LogP contribution < -0.4 is 0 Å². The number of carbonyl (C=O) groups is 1. The molecule has 0 amide bonds. The van der Waals surface area contributed by atoms with Crippen molar-refractivity contribution < 1.29 is 22.7 Å². The highest BCUT2D eigenvalue weighted by atomic mass is 79.9. The fraction of sp³-hybridized carbons (Fsp3) is 0.250. The van der Waals surface area contributed by atoms with Crippen LogP contribution in [0.3, 0.4) is 0 Å². The fourth-order valence-electron chi connectivity index (χ4n) is 2.68. The lowest BCUT2D eigenvalue weighted by Gasteiger charge is -2.26. The van der Waals surface area contributed by atoms with Crippen molar-refractivity contribution in [1.29, 1.82) is 0 Å². The molecule has 0 aliphatic carbocycles. The molecule has 2 aromatic carbocycles. The molecule has 0 unspecified atom stereocenters. The molecule has 0 bridgehead atoms. The summed E-state index contributed by atoms with van der Waals surface area (Å²) in [4.78, 5) is 12.1. The summed E-state index contributed by atoms with van der Waals surface area (Å²) in [7, 11) is -3.52. The van der Waals surface area contributed by atoms with Crippen molar-refractivity contribution in [3.05, 3.63) is 70.2 Å². The molecular weight excluding hydrogens is 446 g/mol. The van der Waals surface area contributed by atoms with Crippen LogP contribution >= 0.6 is 15.9 Å². The van der Waals surface area contributed by atoms with E-state index in [1.165, 1.54) is 22.5 Å². The molecule has 8 heteroatoms. The standard InChI is InChI=1S/C20H20BrNO5S/c21-18-3-1-2-17(14-18)15-27-20(23)9-6-16-4-7-19(8-5-16)28(24,25)22-10-12-26-13-11-22/h1-9,14H,10-13,15H2/b9-6+. The van der Waals surface area contributed by atoms with Crippen LogP contribution in [-0.4, -0.2) is 45.0 Å². The zero-order chi connectivity index (χ0) is 20.0. The van der Waals surface area contributed by atoms with Crippen molar-refractivity contribution in [2.24, 2.45) is 0 Å². The summed E-state index contributed by atoms with van der Waals surface area (Å²) in [6, 6.07) is 13.9. The molecule has 28 heavy (non-hydrogen) atoms. The van der Waals surface area contributed by atoms with Crippen LogP contribution in [0.5, 0.6) is 0 Å². The van der Waals surface area contributed by atoms with Gasteiger partial charge in [-0.25, -0.2) is 13.2 Å². The molecular formula is C20H20BrNO5S. The van der Waals surface area contributed by atoms with Gasteiger partial charge in [0, 0.05) is 23.6 Å². The molecule has 0 N–H and O–H groups in total. The van der Waals surface area contributed by atoms with Gasteiger partial charge >= 0.3 is 5.97 Å². The molecule has 1 fully saturated rings. The number of halogens is 1. The second-order valence-electron chi connectivity index (χ2n) is 6.16. The van der Waals surface area contributed by atoms with Gasteiger partial charge in [-0.3, -0.25) is 0 Å². The van der Waals surface area contributed by atoms with E-state index in [1.54, 1.807) is 18.2 Å². The lowest BCUT2D eigenvalue weighted by Crippen LogP contribution is -2.40. The van der Waals surface area contributed by atoms with Gasteiger partial charge in [0.05, 0.1) is 18.1 Å². The summed E-state index contributed by atoms with van der Waals surface area (Å²) in [6.45, 7) is 1.70. The summed E-state index contributed by atoms with van der Waals surface area (Å²) in [5, 5.41) is 0. The third kappa shape index (κ3) is 5.51. The average molecular weight is 466 g/mol. The maximum Gasteiger partial charge on any atom is 0.331 e. The van der Waals surface area contributed by atoms with Gasteiger partial charge in [0.1, 0.15) is 6.61 Å². The monoisotopic (exact) mass is 465 g/mol. The highest BCUT2D eigenvalue weighted by Gasteiger charge is 2.25. The minimum atomic E-state index is -3.52. The molecule has 148 valence electrons. The Hall–Kier alpha value is -2.00. The van der Waals surface area contributed by atoms with Gasteiger partial charge in [0.25, 0.3) is 0 Å². The molecule has 1 aliphatic rings. The molecule has 0 spiro atoms. The molecule has 1 heterocycles. The van der Waals surface area contributed by atoms with Crippen molar-refractivity contribution in [2.75, 3.05) is 26.3 Å². The minimum absolute atomic E-state index is 0.180. The van der Waals surface area contributed by atoms with Crippen molar-refractivity contribution >= 4 is 38.0 Å². The van der Waals surface area contributed by atoms with Crippen molar-refractivity contribution in [3.8, 4) is 0 Å². The number of rotatable bonds is 6. The van der Waals surface area contributed by atoms with Crippen molar-refractivity contribution in [2.45, 2.75) is 11.5 Å². The number of hydrogen-bond donors (Lipinski definition) is 0. The second-order valence-corrected chi connectivity index (χ2v) is 9.01. The molecule has 6 nitrogen and oxygen atoms in total. The fourth-order valence-corrected chi connectivity index (χ4v) is 4.54. The summed E-state index contributed by atoms with van der Waals surface area (Å²) in [6.07, 6.45) is 2.91. The number of benzene rings is 2. The van der Waals surface area contributed by atoms with E-state index >= 15 is 0 Å². The van der Waals surface area contributed by atoms with E-state index in [9.17, 15) is 13.2 Å². The Morgan fingerprint density at radius 2 is 1.86 bits per heavy atom. The van der Waals surface area contributed by atoms with Crippen LogP contribution in [0, 0.1) is 0 Å². The van der Waals surface area contributed by atoms with E-state index in [4.69, 9.17) is 9.47 Å². The van der Waals surface area contributed by atoms with E-state index in [-0.39, 0.29) is 11.5 Å². The molecule has 1 aliphatic heterocycles. The molecule has 3 rings (SSSR count). The van der Waals surface area contributed by atoms with E-state index in [2.05, 4.69) is 15.9 Å². The van der Waals surface area contributed by atoms with Crippen LogP contribution in [0.2, 0.25) is 0 Å². The van der Waals surface area contributed by atoms with Gasteiger partial charge in [-0.05, 0) is 41.5 Å². The quantitative estimate of drug-likeness (QED) is 0.483. The van der Waals surface area contributed by atoms with Crippen LogP contribution in [0.15, 0.2) is 64.0 Å². The lowest BCUT2D eigenvalue weighted by atomic mass is 10.2. The maximum absolute atomic E-state index is 12.6. The molecule has 0 atom stereocenters. The van der Waals surface area contributed by atoms with Gasteiger partial charge in [-0.2, -0.15) is 4.31 Å². The predicted octanol–water partition coefficient (Wildman–Crippen LogP) is 3.23. The summed E-state index contributed by atoms with van der Waals surface area (Å²) >= 11 is 3.37. The smallest absolute Gasteiger partial charge is 0.331 e. The molecule has 0 radical (unpaired) electrons. The normalized spacial score (nSPS) is 15.6. The summed E-state index contributed by atoms with van der Waals surface area (Å²) in [5.74, 6) is -0.468. The van der Waals surface area contributed by atoms with Crippen LogP contribution in [0.25, 0.3) is 6.08 Å². The van der Waals surface area contributed by atoms with Gasteiger partial charge < -0.3 is 9.47 Å². The molecule has 0 aromatic heterocycles. The lowest BCUT2D eigenvalue weighted by molar-refractivity contribution is -0.138. The van der Waals surface area contributed by atoms with E-state index in [0.717, 1.165) is 10.0 Å². The molecule has 1 saturated heterocycles. The molecule has 0 saturated carbocycles. The van der Waals surface area contributed by atoms with Crippen LogP contribution in [0.4, 0.5) is 0 Å². The third-order valence-electron chi connectivity index (χ3n) is 4.17. The Bertz CT molecular complexity index is 951. The number of morpholine rings is 1. The van der Waals surface area contributed by atoms with Crippen LogP contribution in [0.1, 0.15) is 11.1 Å². The third-order valence-corrected chi connectivity index (χ3v) is 6.58. The number of esters is 1. The Morgan fingerprint density at radius 1 is 1.14 bits per heavy atom. The Kier molecular flexibility index (Phi) is 7.01. The Balaban J connectivity index is 1.58. The zero-order valence-electron chi connectivity index (χ0n) is 15.1. The largest absolute Gasteiger partial charge is 0.458 e. The predicted molar refractivity (Wildman–Crippen MR) is 109 cm³/mol. The first kappa shape index (κ1) is 20.7. The number of carbonyl (C=O) groups excluding carboxylic acids is 1. The second kappa shape index (κ2) is 9.47. The van der Waals surface area contributed by atoms with E-state index in [1.807, 2.05) is 24.3 Å². The highest BCUT2D eigenvalue weighted by molar-refractivity contribution is 9.10. The number of ether oxygens (including phenoxy) is 2.